The van der Waals surface area contributed by atoms with Crippen molar-refractivity contribution in [1.82, 2.24) is 9.55 Å². The van der Waals surface area contributed by atoms with Gasteiger partial charge in [0.25, 0.3) is 0 Å². The summed E-state index contributed by atoms with van der Waals surface area (Å²) in [5, 5.41) is 2.27. The van der Waals surface area contributed by atoms with Crippen LogP contribution in [0, 0.1) is 0 Å². The van der Waals surface area contributed by atoms with Gasteiger partial charge in [0.2, 0.25) is 5.95 Å². The van der Waals surface area contributed by atoms with Gasteiger partial charge in [-0.2, -0.15) is 13.2 Å². The third-order valence-electron chi connectivity index (χ3n) is 4.23. The van der Waals surface area contributed by atoms with Crippen molar-refractivity contribution in [3.63, 3.8) is 0 Å². The smallest absolute Gasteiger partial charge is 0.431 e. The summed E-state index contributed by atoms with van der Waals surface area (Å²) in [6, 6.07) is 8.76. The van der Waals surface area contributed by atoms with Crippen molar-refractivity contribution in [2.24, 2.45) is 0 Å². The van der Waals surface area contributed by atoms with Crippen molar-refractivity contribution in [3.05, 3.63) is 59.7 Å². The Hall–Kier alpha value is -3.23. The lowest BCUT2D eigenvalue weighted by molar-refractivity contribution is -0.140. The number of para-hydroxylation sites is 2. The molecule has 1 aliphatic rings. The van der Waals surface area contributed by atoms with Crippen LogP contribution in [0.4, 0.5) is 19.1 Å². The monoisotopic (exact) mass is 377 g/mol. The van der Waals surface area contributed by atoms with Gasteiger partial charge in [-0.25, -0.2) is 9.78 Å². The van der Waals surface area contributed by atoms with Gasteiger partial charge in [-0.3, -0.25) is 4.57 Å². The van der Waals surface area contributed by atoms with Crippen molar-refractivity contribution < 1.29 is 27.1 Å². The number of hydrogen-bond donors (Lipinski definition) is 1. The highest BCUT2D eigenvalue weighted by atomic mass is 19.4. The summed E-state index contributed by atoms with van der Waals surface area (Å²) >= 11 is 0. The van der Waals surface area contributed by atoms with E-state index in [1.165, 1.54) is 23.8 Å². The van der Waals surface area contributed by atoms with Gasteiger partial charge >= 0.3 is 12.1 Å². The number of aromatic nitrogens is 2. The maximum atomic E-state index is 13.8. The largest absolute Gasteiger partial charge is 0.467 e. The summed E-state index contributed by atoms with van der Waals surface area (Å²) in [6.45, 7) is 1.47. The maximum absolute atomic E-state index is 13.8. The summed E-state index contributed by atoms with van der Waals surface area (Å²) in [7, 11) is 0. The summed E-state index contributed by atoms with van der Waals surface area (Å²) in [5.74, 6) is -0.925. The number of allylic oxidation sites excluding steroid dienone is 1. The molecule has 1 aliphatic heterocycles. The SMILES string of the molecule is CCOC(=O)C1=C(C(F)(F)F)Nc2nc3ccccc3n2C1c1ccco1. The van der Waals surface area contributed by atoms with E-state index in [2.05, 4.69) is 10.3 Å². The van der Waals surface area contributed by atoms with E-state index in [-0.39, 0.29) is 18.3 Å². The zero-order chi connectivity index (χ0) is 19.2. The van der Waals surface area contributed by atoms with E-state index in [1.807, 2.05) is 0 Å². The van der Waals surface area contributed by atoms with Gasteiger partial charge in [0.15, 0.2) is 0 Å². The Morgan fingerprint density at radius 1 is 1.30 bits per heavy atom. The number of fused-ring (bicyclic) bond motifs is 3. The molecule has 1 unspecified atom stereocenters. The summed E-state index contributed by atoms with van der Waals surface area (Å²) in [5.41, 5.74) is -0.729. The summed E-state index contributed by atoms with van der Waals surface area (Å²) < 4.78 is 53.1. The number of anilines is 1. The molecule has 0 aliphatic carbocycles. The van der Waals surface area contributed by atoms with Crippen LogP contribution >= 0.6 is 0 Å². The molecule has 0 saturated heterocycles. The van der Waals surface area contributed by atoms with Gasteiger partial charge in [-0.15, -0.1) is 0 Å². The van der Waals surface area contributed by atoms with Gasteiger partial charge in [0, 0.05) is 0 Å². The highest BCUT2D eigenvalue weighted by Gasteiger charge is 2.47. The van der Waals surface area contributed by atoms with Crippen LogP contribution in [-0.2, 0) is 9.53 Å². The van der Waals surface area contributed by atoms with Gasteiger partial charge in [0.05, 0.1) is 29.5 Å². The normalized spacial score (nSPS) is 17.0. The summed E-state index contributed by atoms with van der Waals surface area (Å²) in [6.07, 6.45) is -3.47. The molecule has 1 aromatic carbocycles. The minimum Gasteiger partial charge on any atom is -0.467 e. The number of halogens is 3. The number of imidazole rings is 1. The fraction of sp³-hybridized carbons (Fsp3) is 0.222. The lowest BCUT2D eigenvalue weighted by atomic mass is 9.99. The molecule has 6 nitrogen and oxygen atoms in total. The number of nitrogens with one attached hydrogen (secondary N) is 1. The molecule has 0 radical (unpaired) electrons. The van der Waals surface area contributed by atoms with Crippen molar-refractivity contribution in [2.75, 3.05) is 11.9 Å². The van der Waals surface area contributed by atoms with Crippen LogP contribution in [0.25, 0.3) is 11.0 Å². The fourth-order valence-corrected chi connectivity index (χ4v) is 3.20. The number of esters is 1. The van der Waals surface area contributed by atoms with E-state index in [9.17, 15) is 18.0 Å². The number of alkyl halides is 3. The molecule has 0 amide bonds. The second kappa shape index (κ2) is 6.19. The zero-order valence-electron chi connectivity index (χ0n) is 14.1. The number of benzene rings is 1. The first-order chi connectivity index (χ1) is 12.9. The van der Waals surface area contributed by atoms with E-state index in [0.29, 0.717) is 11.0 Å². The number of carbonyl (C=O) groups excluding carboxylic acids is 1. The average molecular weight is 377 g/mol. The first kappa shape index (κ1) is 17.2. The fourth-order valence-electron chi connectivity index (χ4n) is 3.20. The van der Waals surface area contributed by atoms with Crippen molar-refractivity contribution in [2.45, 2.75) is 19.1 Å². The highest BCUT2D eigenvalue weighted by molar-refractivity contribution is 5.94. The second-order valence-corrected chi connectivity index (χ2v) is 5.84. The maximum Gasteiger partial charge on any atom is 0.431 e. The molecule has 9 heteroatoms. The molecule has 3 heterocycles. The number of nitrogens with zero attached hydrogens (tertiary/aromatic N) is 2. The standard InChI is InChI=1S/C18H14F3N3O3/c1-2-26-16(25)13-14(12-8-5-9-27-12)24-11-7-4-3-6-10(11)22-17(24)23-15(13)18(19,20)21/h3-9,14H,2H2,1H3,(H,22,23). The van der Waals surface area contributed by atoms with E-state index in [1.54, 1.807) is 30.3 Å². The van der Waals surface area contributed by atoms with Crippen LogP contribution in [0.15, 0.2) is 58.3 Å². The predicted molar refractivity (Wildman–Crippen MR) is 89.9 cm³/mol. The lowest BCUT2D eigenvalue weighted by Gasteiger charge is -2.30. The van der Waals surface area contributed by atoms with Crippen LogP contribution in [0.2, 0.25) is 0 Å². The van der Waals surface area contributed by atoms with Crippen LogP contribution in [-0.4, -0.2) is 28.3 Å². The van der Waals surface area contributed by atoms with E-state index < -0.39 is 29.5 Å². The Bertz CT molecular complexity index is 1040. The number of furan rings is 1. The molecule has 3 aromatic rings. The van der Waals surface area contributed by atoms with Crippen LogP contribution in [0.5, 0.6) is 0 Å². The van der Waals surface area contributed by atoms with E-state index >= 15 is 0 Å². The molecule has 2 aromatic heterocycles. The van der Waals surface area contributed by atoms with Gasteiger partial charge in [-0.1, -0.05) is 12.1 Å². The minimum absolute atomic E-state index is 0.0297. The molecular formula is C18H14F3N3O3. The van der Waals surface area contributed by atoms with Crippen molar-refractivity contribution >= 4 is 23.0 Å². The number of rotatable bonds is 3. The molecule has 1 N–H and O–H groups in total. The molecular weight excluding hydrogens is 363 g/mol. The predicted octanol–water partition coefficient (Wildman–Crippen LogP) is 4.02. The number of hydrogen-bond acceptors (Lipinski definition) is 5. The zero-order valence-corrected chi connectivity index (χ0v) is 14.1. The Morgan fingerprint density at radius 2 is 2.07 bits per heavy atom. The molecule has 0 fully saturated rings. The molecule has 0 spiro atoms. The highest BCUT2D eigenvalue weighted by Crippen LogP contribution is 2.43. The van der Waals surface area contributed by atoms with Gasteiger partial charge < -0.3 is 14.5 Å². The third-order valence-corrected chi connectivity index (χ3v) is 4.23. The van der Waals surface area contributed by atoms with Crippen LogP contribution < -0.4 is 5.32 Å². The van der Waals surface area contributed by atoms with Crippen molar-refractivity contribution in [1.29, 1.82) is 0 Å². The molecule has 27 heavy (non-hydrogen) atoms. The van der Waals surface area contributed by atoms with Crippen LogP contribution in [0.3, 0.4) is 0 Å². The Morgan fingerprint density at radius 3 is 2.74 bits per heavy atom. The average Bonchev–Trinajstić information content (AvgIpc) is 3.27. The molecule has 4 rings (SSSR count). The number of ether oxygens (including phenoxy) is 1. The van der Waals surface area contributed by atoms with Crippen molar-refractivity contribution in [3.8, 4) is 0 Å². The molecule has 140 valence electrons. The molecule has 1 atom stereocenters. The van der Waals surface area contributed by atoms with Gasteiger partial charge in [0.1, 0.15) is 17.5 Å². The van der Waals surface area contributed by atoms with E-state index in [0.717, 1.165) is 0 Å². The minimum atomic E-state index is -4.81. The van der Waals surface area contributed by atoms with Crippen LogP contribution in [0.1, 0.15) is 18.7 Å². The Labute approximate surface area is 151 Å². The first-order valence-corrected chi connectivity index (χ1v) is 8.17. The Balaban J connectivity index is 2.04. The summed E-state index contributed by atoms with van der Waals surface area (Å²) in [4.78, 5) is 16.8. The quantitative estimate of drug-likeness (QED) is 0.698. The first-order valence-electron chi connectivity index (χ1n) is 8.17. The second-order valence-electron chi connectivity index (χ2n) is 5.84. The topological polar surface area (TPSA) is 69.3 Å². The molecule has 0 saturated carbocycles. The van der Waals surface area contributed by atoms with Gasteiger partial charge in [-0.05, 0) is 31.2 Å². The molecule has 0 bridgehead atoms. The third kappa shape index (κ3) is 2.75. The van der Waals surface area contributed by atoms with E-state index in [4.69, 9.17) is 9.15 Å². The number of carbonyl (C=O) groups is 1. The Kier molecular flexibility index (Phi) is 3.94. The lowest BCUT2D eigenvalue weighted by Crippen LogP contribution is -2.35.